The molecule has 2 saturated carbocycles. The van der Waals surface area contributed by atoms with Crippen molar-refractivity contribution < 1.29 is 0 Å². The maximum Gasteiger partial charge on any atom is -0.0233 e. The molecule has 0 aromatic heterocycles. The topological polar surface area (TPSA) is 0 Å². The van der Waals surface area contributed by atoms with Crippen LogP contribution in [-0.4, -0.2) is 0 Å². The fraction of sp³-hybridized carbons (Fsp3) is 0.760. The summed E-state index contributed by atoms with van der Waals surface area (Å²) in [5, 5.41) is 0. The normalized spacial score (nSPS) is 31.4. The van der Waals surface area contributed by atoms with Crippen molar-refractivity contribution in [3.8, 4) is 0 Å². The Balaban J connectivity index is 1.53. The summed E-state index contributed by atoms with van der Waals surface area (Å²) in [7, 11) is 0. The zero-order chi connectivity index (χ0) is 17.7. The molecule has 25 heavy (non-hydrogen) atoms. The molecule has 0 spiro atoms. The lowest BCUT2D eigenvalue weighted by Gasteiger charge is -2.27. The molecule has 0 atom stereocenters. The Morgan fingerprint density at radius 3 is 1.60 bits per heavy atom. The van der Waals surface area contributed by atoms with E-state index in [0.717, 1.165) is 23.7 Å². The highest BCUT2D eigenvalue weighted by Gasteiger charge is 2.20. The number of allylic oxidation sites excluding steroid dienone is 6. The molecule has 2 rings (SSSR count). The van der Waals surface area contributed by atoms with Crippen LogP contribution < -0.4 is 0 Å². The Kier molecular flexibility index (Phi) is 10.3. The third kappa shape index (κ3) is 8.43. The van der Waals surface area contributed by atoms with Crippen LogP contribution in [0.5, 0.6) is 0 Å². The quantitative estimate of drug-likeness (QED) is 0.370. The van der Waals surface area contributed by atoms with Gasteiger partial charge < -0.3 is 0 Å². The lowest BCUT2D eigenvalue weighted by atomic mass is 9.79. The highest BCUT2D eigenvalue weighted by molar-refractivity contribution is 4.93. The van der Waals surface area contributed by atoms with Gasteiger partial charge in [-0.25, -0.2) is 0 Å². The summed E-state index contributed by atoms with van der Waals surface area (Å²) in [6.45, 7) is 4.38. The molecule has 2 fully saturated rings. The zero-order valence-electron chi connectivity index (χ0n) is 17.0. The first-order chi connectivity index (χ1) is 12.3. The second-order valence-electron chi connectivity index (χ2n) is 8.55. The average molecular weight is 343 g/mol. The van der Waals surface area contributed by atoms with E-state index in [1.54, 1.807) is 0 Å². The largest absolute Gasteiger partial charge is 0.0917 e. The van der Waals surface area contributed by atoms with Crippen LogP contribution in [0.2, 0.25) is 0 Å². The summed E-state index contributed by atoms with van der Waals surface area (Å²) in [6, 6.07) is 0. The molecule has 0 unspecified atom stereocenters. The van der Waals surface area contributed by atoms with Crippen LogP contribution in [0.4, 0.5) is 0 Å². The van der Waals surface area contributed by atoms with Crippen molar-refractivity contribution in [3.05, 3.63) is 36.5 Å². The number of rotatable bonds is 9. The highest BCUT2D eigenvalue weighted by atomic mass is 14.3. The molecule has 0 heterocycles. The maximum absolute atomic E-state index is 2.57. The van der Waals surface area contributed by atoms with Crippen LogP contribution in [-0.2, 0) is 0 Å². The van der Waals surface area contributed by atoms with Crippen molar-refractivity contribution in [1.82, 2.24) is 0 Å². The average Bonchev–Trinajstić information content (AvgIpc) is 2.66. The van der Waals surface area contributed by atoms with Gasteiger partial charge in [0.05, 0.1) is 0 Å². The molecular formula is C25H42. The van der Waals surface area contributed by atoms with Crippen LogP contribution >= 0.6 is 0 Å². The van der Waals surface area contributed by atoms with Crippen molar-refractivity contribution in [2.75, 3.05) is 0 Å². The van der Waals surface area contributed by atoms with E-state index in [1.807, 2.05) is 0 Å². The molecule has 0 aromatic rings. The minimum Gasteiger partial charge on any atom is -0.0917 e. The van der Waals surface area contributed by atoms with Gasteiger partial charge >= 0.3 is 0 Å². The fourth-order valence-corrected chi connectivity index (χ4v) is 4.79. The Bertz CT molecular complexity index is 398. The van der Waals surface area contributed by atoms with Crippen LogP contribution in [0.3, 0.4) is 0 Å². The van der Waals surface area contributed by atoms with E-state index in [0.29, 0.717) is 0 Å². The van der Waals surface area contributed by atoms with Gasteiger partial charge in [-0.2, -0.15) is 0 Å². The fourth-order valence-electron chi connectivity index (χ4n) is 4.79. The van der Waals surface area contributed by atoms with E-state index in [2.05, 4.69) is 50.3 Å². The van der Waals surface area contributed by atoms with Crippen LogP contribution in [0, 0.1) is 23.7 Å². The first-order valence-corrected chi connectivity index (χ1v) is 11.3. The van der Waals surface area contributed by atoms with E-state index >= 15 is 0 Å². The molecule has 2 aliphatic rings. The molecule has 0 heteroatoms. The Labute approximate surface area is 157 Å². The van der Waals surface area contributed by atoms with Gasteiger partial charge in [0.15, 0.2) is 0 Å². The molecule has 142 valence electrons. The first-order valence-electron chi connectivity index (χ1n) is 11.3. The van der Waals surface area contributed by atoms with Crippen molar-refractivity contribution in [3.63, 3.8) is 0 Å². The summed E-state index contributed by atoms with van der Waals surface area (Å²) in [4.78, 5) is 0. The van der Waals surface area contributed by atoms with E-state index in [4.69, 9.17) is 0 Å². The molecule has 0 amide bonds. The Morgan fingerprint density at radius 2 is 1.12 bits per heavy atom. The maximum atomic E-state index is 2.57. The minimum atomic E-state index is 0.882. The third-order valence-electron chi connectivity index (χ3n) is 6.55. The van der Waals surface area contributed by atoms with Gasteiger partial charge in [0.1, 0.15) is 0 Å². The lowest BCUT2D eigenvalue weighted by molar-refractivity contribution is 0.293. The molecule has 0 bridgehead atoms. The van der Waals surface area contributed by atoms with Crippen molar-refractivity contribution in [2.24, 2.45) is 23.7 Å². The van der Waals surface area contributed by atoms with Gasteiger partial charge in [-0.15, -0.1) is 0 Å². The van der Waals surface area contributed by atoms with Crippen LogP contribution in [0.25, 0.3) is 0 Å². The zero-order valence-corrected chi connectivity index (χ0v) is 17.0. The van der Waals surface area contributed by atoms with Gasteiger partial charge in [-0.05, 0) is 114 Å². The van der Waals surface area contributed by atoms with Gasteiger partial charge in [-0.3, -0.25) is 0 Å². The standard InChI is InChI=1S/C25H42/c1-3-5-7-11-23-18-20-25(21-19-23)13-9-8-12-24-16-14-22(15-17-24)10-6-4-2/h3,5-6,9-10,13,22-25H,4,7-8,11-12,14-21H2,1-2H3. The molecule has 2 aliphatic carbocycles. The molecule has 0 aliphatic heterocycles. The van der Waals surface area contributed by atoms with Crippen LogP contribution in [0.15, 0.2) is 36.5 Å². The van der Waals surface area contributed by atoms with Gasteiger partial charge in [0.25, 0.3) is 0 Å². The Hall–Kier alpha value is -0.780. The third-order valence-corrected chi connectivity index (χ3v) is 6.55. The van der Waals surface area contributed by atoms with Gasteiger partial charge in [0, 0.05) is 0 Å². The monoisotopic (exact) mass is 342 g/mol. The second-order valence-corrected chi connectivity index (χ2v) is 8.55. The SMILES string of the molecule is CC=CCCC1CCC(C=CCCC2CCC(C=CCC)CC2)CC1. The lowest BCUT2D eigenvalue weighted by Crippen LogP contribution is -2.13. The minimum absolute atomic E-state index is 0.882. The Morgan fingerprint density at radius 1 is 0.640 bits per heavy atom. The van der Waals surface area contributed by atoms with E-state index in [-0.39, 0.29) is 0 Å². The molecule has 0 N–H and O–H groups in total. The van der Waals surface area contributed by atoms with Crippen LogP contribution in [0.1, 0.15) is 97.3 Å². The summed E-state index contributed by atoms with van der Waals surface area (Å²) in [5.74, 6) is 3.76. The second kappa shape index (κ2) is 12.6. The highest BCUT2D eigenvalue weighted by Crippen LogP contribution is 2.34. The van der Waals surface area contributed by atoms with E-state index < -0.39 is 0 Å². The summed E-state index contributed by atoms with van der Waals surface area (Å²) in [5.41, 5.74) is 0. The van der Waals surface area contributed by atoms with E-state index in [9.17, 15) is 0 Å². The predicted molar refractivity (Wildman–Crippen MR) is 113 cm³/mol. The summed E-state index contributed by atoms with van der Waals surface area (Å²) < 4.78 is 0. The van der Waals surface area contributed by atoms with E-state index in [1.165, 1.54) is 83.5 Å². The summed E-state index contributed by atoms with van der Waals surface area (Å²) in [6.07, 6.45) is 32.7. The number of hydrogen-bond donors (Lipinski definition) is 0. The first kappa shape index (κ1) is 20.5. The molecular weight excluding hydrogens is 300 g/mol. The predicted octanol–water partition coefficient (Wildman–Crippen LogP) is 8.26. The molecule has 0 nitrogen and oxygen atoms in total. The van der Waals surface area contributed by atoms with Crippen molar-refractivity contribution in [2.45, 2.75) is 97.3 Å². The number of hydrogen-bond acceptors (Lipinski definition) is 0. The molecule has 0 radical (unpaired) electrons. The summed E-state index contributed by atoms with van der Waals surface area (Å²) >= 11 is 0. The van der Waals surface area contributed by atoms with Crippen molar-refractivity contribution >= 4 is 0 Å². The molecule has 0 saturated heterocycles. The van der Waals surface area contributed by atoms with Gasteiger partial charge in [0.2, 0.25) is 0 Å². The molecule has 0 aromatic carbocycles. The smallest absolute Gasteiger partial charge is 0.0233 e. The van der Waals surface area contributed by atoms with Crippen molar-refractivity contribution in [1.29, 1.82) is 0 Å². The van der Waals surface area contributed by atoms with Gasteiger partial charge in [-0.1, -0.05) is 43.4 Å².